The molecule has 0 unspecified atom stereocenters. The van der Waals surface area contributed by atoms with Crippen LogP contribution in [0.2, 0.25) is 0 Å². The number of aryl methyl sites for hydroxylation is 1. The summed E-state index contributed by atoms with van der Waals surface area (Å²) in [6, 6.07) is 12.5. The molecule has 0 fully saturated rings. The van der Waals surface area contributed by atoms with Gasteiger partial charge in [0.1, 0.15) is 12.1 Å². The molecule has 2 aromatic heterocycles. The fourth-order valence-electron chi connectivity index (χ4n) is 2.44. The summed E-state index contributed by atoms with van der Waals surface area (Å²) < 4.78 is 1.86. The Morgan fingerprint density at radius 1 is 1.14 bits per heavy atom. The molecular formula is C16H19N5. The van der Waals surface area contributed by atoms with Crippen LogP contribution < -0.4 is 10.6 Å². The number of nitrogens with two attached hydrogens (primary N) is 1. The van der Waals surface area contributed by atoms with E-state index < -0.39 is 0 Å². The average Bonchev–Trinajstić information content (AvgIpc) is 2.95. The number of rotatable bonds is 4. The van der Waals surface area contributed by atoms with Gasteiger partial charge in [-0.25, -0.2) is 4.98 Å². The normalized spacial score (nSPS) is 11.0. The van der Waals surface area contributed by atoms with Crippen LogP contribution in [-0.4, -0.2) is 21.6 Å². The van der Waals surface area contributed by atoms with Gasteiger partial charge in [0.25, 0.3) is 0 Å². The summed E-state index contributed by atoms with van der Waals surface area (Å²) in [5, 5.41) is 4.30. The van der Waals surface area contributed by atoms with Gasteiger partial charge in [0.05, 0.1) is 0 Å². The Kier molecular flexibility index (Phi) is 3.58. The van der Waals surface area contributed by atoms with E-state index in [0.717, 1.165) is 23.6 Å². The van der Waals surface area contributed by atoms with Crippen molar-refractivity contribution in [1.82, 2.24) is 14.6 Å². The summed E-state index contributed by atoms with van der Waals surface area (Å²) in [5.41, 5.74) is 10.1. The molecule has 0 bridgehead atoms. The fourth-order valence-corrected chi connectivity index (χ4v) is 2.44. The molecule has 0 saturated heterocycles. The summed E-state index contributed by atoms with van der Waals surface area (Å²) in [4.78, 5) is 6.44. The predicted octanol–water partition coefficient (Wildman–Crippen LogP) is 2.13. The number of aromatic nitrogens is 3. The SMILES string of the molecule is Cc1cc(N(C)Cc2ccc(CN)cc2)n2ncnc2c1. The van der Waals surface area contributed by atoms with E-state index in [9.17, 15) is 0 Å². The van der Waals surface area contributed by atoms with Gasteiger partial charge in [-0.2, -0.15) is 9.61 Å². The maximum atomic E-state index is 5.63. The Labute approximate surface area is 124 Å². The molecule has 3 rings (SSSR count). The molecule has 3 aromatic rings. The standard InChI is InChI=1S/C16H19N5/c1-12-7-15-18-11-19-21(15)16(8-12)20(2)10-14-5-3-13(9-17)4-6-14/h3-8,11H,9-10,17H2,1-2H3. The molecule has 5 heteroatoms. The number of fused-ring (bicyclic) bond motifs is 1. The lowest BCUT2D eigenvalue weighted by molar-refractivity contribution is 0.838. The van der Waals surface area contributed by atoms with E-state index in [1.165, 1.54) is 11.1 Å². The maximum absolute atomic E-state index is 5.63. The van der Waals surface area contributed by atoms with E-state index in [4.69, 9.17) is 5.73 Å². The van der Waals surface area contributed by atoms with Crippen LogP contribution in [0.4, 0.5) is 5.82 Å². The third kappa shape index (κ3) is 2.73. The zero-order valence-corrected chi connectivity index (χ0v) is 12.3. The first-order valence-corrected chi connectivity index (χ1v) is 6.97. The van der Waals surface area contributed by atoms with E-state index in [1.54, 1.807) is 6.33 Å². The van der Waals surface area contributed by atoms with E-state index in [1.807, 2.05) is 10.6 Å². The Morgan fingerprint density at radius 2 is 1.86 bits per heavy atom. The third-order valence-corrected chi connectivity index (χ3v) is 3.57. The molecule has 0 radical (unpaired) electrons. The smallest absolute Gasteiger partial charge is 0.157 e. The second kappa shape index (κ2) is 5.54. The zero-order chi connectivity index (χ0) is 14.8. The van der Waals surface area contributed by atoms with E-state index in [0.29, 0.717) is 6.54 Å². The first-order chi connectivity index (χ1) is 10.2. The van der Waals surface area contributed by atoms with Crippen molar-refractivity contribution in [2.75, 3.05) is 11.9 Å². The molecular weight excluding hydrogens is 262 g/mol. The zero-order valence-electron chi connectivity index (χ0n) is 12.3. The molecule has 108 valence electrons. The first-order valence-electron chi connectivity index (χ1n) is 6.97. The van der Waals surface area contributed by atoms with Crippen LogP contribution in [0.1, 0.15) is 16.7 Å². The van der Waals surface area contributed by atoms with Gasteiger partial charge >= 0.3 is 0 Å². The first kappa shape index (κ1) is 13.6. The maximum Gasteiger partial charge on any atom is 0.157 e. The monoisotopic (exact) mass is 281 g/mol. The van der Waals surface area contributed by atoms with Crippen LogP contribution in [0.3, 0.4) is 0 Å². The van der Waals surface area contributed by atoms with Crippen LogP contribution >= 0.6 is 0 Å². The van der Waals surface area contributed by atoms with Gasteiger partial charge in [-0.1, -0.05) is 24.3 Å². The Balaban J connectivity index is 1.89. The molecule has 0 aliphatic heterocycles. The molecule has 0 amide bonds. The Bertz CT molecular complexity index is 745. The van der Waals surface area contributed by atoms with E-state index in [-0.39, 0.29) is 0 Å². The Morgan fingerprint density at radius 3 is 2.57 bits per heavy atom. The summed E-state index contributed by atoms with van der Waals surface area (Å²) in [7, 11) is 2.06. The van der Waals surface area contributed by atoms with Crippen molar-refractivity contribution in [1.29, 1.82) is 0 Å². The van der Waals surface area contributed by atoms with Crippen LogP contribution in [-0.2, 0) is 13.1 Å². The minimum atomic E-state index is 0.577. The van der Waals surface area contributed by atoms with Gasteiger partial charge < -0.3 is 10.6 Å². The van der Waals surface area contributed by atoms with Gasteiger partial charge in [-0.05, 0) is 35.7 Å². The summed E-state index contributed by atoms with van der Waals surface area (Å²) in [5.74, 6) is 1.03. The molecule has 0 aliphatic rings. The predicted molar refractivity (Wildman–Crippen MR) is 84.2 cm³/mol. The minimum Gasteiger partial charge on any atom is -0.355 e. The van der Waals surface area contributed by atoms with E-state index >= 15 is 0 Å². The minimum absolute atomic E-state index is 0.577. The van der Waals surface area contributed by atoms with Gasteiger partial charge in [-0.15, -0.1) is 0 Å². The van der Waals surface area contributed by atoms with Gasteiger partial charge in [0, 0.05) is 20.1 Å². The second-order valence-electron chi connectivity index (χ2n) is 5.30. The number of anilines is 1. The van der Waals surface area contributed by atoms with Crippen molar-refractivity contribution >= 4 is 11.5 Å². The van der Waals surface area contributed by atoms with Gasteiger partial charge in [0.15, 0.2) is 5.65 Å². The Hall–Kier alpha value is -2.40. The van der Waals surface area contributed by atoms with Crippen molar-refractivity contribution in [3.63, 3.8) is 0 Å². The van der Waals surface area contributed by atoms with Gasteiger partial charge in [-0.3, -0.25) is 0 Å². The van der Waals surface area contributed by atoms with Crippen molar-refractivity contribution in [2.24, 2.45) is 5.73 Å². The van der Waals surface area contributed by atoms with Crippen molar-refractivity contribution in [3.05, 3.63) is 59.4 Å². The molecule has 0 atom stereocenters. The third-order valence-electron chi connectivity index (χ3n) is 3.57. The molecule has 0 saturated carbocycles. The largest absolute Gasteiger partial charge is 0.355 e. The second-order valence-corrected chi connectivity index (χ2v) is 5.30. The van der Waals surface area contributed by atoms with Gasteiger partial charge in [0.2, 0.25) is 0 Å². The highest BCUT2D eigenvalue weighted by Gasteiger charge is 2.09. The summed E-state index contributed by atoms with van der Waals surface area (Å²) in [6.07, 6.45) is 1.59. The molecule has 0 spiro atoms. The highest BCUT2D eigenvalue weighted by Crippen LogP contribution is 2.19. The number of hydrogen-bond donors (Lipinski definition) is 1. The molecule has 1 aromatic carbocycles. The number of pyridine rings is 1. The van der Waals surface area contributed by atoms with Crippen LogP contribution in [0, 0.1) is 6.92 Å². The number of hydrogen-bond acceptors (Lipinski definition) is 4. The average molecular weight is 281 g/mol. The lowest BCUT2D eigenvalue weighted by atomic mass is 10.1. The van der Waals surface area contributed by atoms with Crippen LogP contribution in [0.15, 0.2) is 42.7 Å². The quantitative estimate of drug-likeness (QED) is 0.796. The summed E-state index contributed by atoms with van der Waals surface area (Å²) in [6.45, 7) is 3.46. The lowest BCUT2D eigenvalue weighted by Crippen LogP contribution is -2.19. The molecule has 5 nitrogen and oxygen atoms in total. The molecule has 21 heavy (non-hydrogen) atoms. The highest BCUT2D eigenvalue weighted by atomic mass is 15.4. The number of benzene rings is 1. The number of nitrogens with zero attached hydrogens (tertiary/aromatic N) is 4. The molecule has 2 heterocycles. The van der Waals surface area contributed by atoms with Crippen molar-refractivity contribution < 1.29 is 0 Å². The molecule has 2 N–H and O–H groups in total. The fraction of sp³-hybridized carbons (Fsp3) is 0.250. The molecule has 0 aliphatic carbocycles. The summed E-state index contributed by atoms with van der Waals surface area (Å²) >= 11 is 0. The highest BCUT2D eigenvalue weighted by molar-refractivity contribution is 5.52. The lowest BCUT2D eigenvalue weighted by Gasteiger charge is -2.20. The van der Waals surface area contributed by atoms with Crippen LogP contribution in [0.5, 0.6) is 0 Å². The van der Waals surface area contributed by atoms with Crippen LogP contribution in [0.25, 0.3) is 5.65 Å². The van der Waals surface area contributed by atoms with Crippen molar-refractivity contribution in [3.8, 4) is 0 Å². The van der Waals surface area contributed by atoms with Crippen molar-refractivity contribution in [2.45, 2.75) is 20.0 Å². The topological polar surface area (TPSA) is 59.5 Å². The van der Waals surface area contributed by atoms with E-state index in [2.05, 4.69) is 59.3 Å².